The second kappa shape index (κ2) is 4.57. The summed E-state index contributed by atoms with van der Waals surface area (Å²) in [4.78, 5) is 2.33. The van der Waals surface area contributed by atoms with E-state index in [9.17, 15) is 0 Å². The summed E-state index contributed by atoms with van der Waals surface area (Å²) in [6.07, 6.45) is 1.20. The molecule has 4 heteroatoms. The zero-order valence-corrected chi connectivity index (χ0v) is 9.40. The van der Waals surface area contributed by atoms with E-state index in [1.807, 2.05) is 13.0 Å². The number of aromatic nitrogens is 2. The Hall–Kier alpha value is -1.16. The first-order chi connectivity index (χ1) is 7.31. The van der Waals surface area contributed by atoms with Crippen LogP contribution in [0.1, 0.15) is 19.0 Å². The van der Waals surface area contributed by atoms with E-state index in [4.69, 9.17) is 0 Å². The van der Waals surface area contributed by atoms with Gasteiger partial charge in [-0.15, -0.1) is 5.10 Å². The fourth-order valence-electron chi connectivity index (χ4n) is 2.06. The molecule has 1 saturated heterocycles. The molecule has 1 aliphatic rings. The lowest BCUT2D eigenvalue weighted by Gasteiger charge is -2.27. The van der Waals surface area contributed by atoms with Crippen molar-refractivity contribution in [3.8, 4) is 0 Å². The number of aryl methyl sites for hydroxylation is 1. The molecular formula is C11H18N4. The molecule has 0 amide bonds. The molecule has 1 aliphatic heterocycles. The highest BCUT2D eigenvalue weighted by Gasteiger charge is 2.22. The molecule has 0 saturated carbocycles. The molecule has 0 radical (unpaired) electrons. The third-order valence-corrected chi connectivity index (χ3v) is 2.89. The first kappa shape index (κ1) is 10.4. The standard InChI is InChI=1S/C11H18N4/c1-3-15(10-6-7-12-8-10)11-5-4-9(2)13-14-11/h4-5,10,12H,3,6-8H2,1-2H3. The minimum Gasteiger partial charge on any atom is -0.351 e. The van der Waals surface area contributed by atoms with Crippen LogP contribution in [-0.4, -0.2) is 35.9 Å². The van der Waals surface area contributed by atoms with Gasteiger partial charge in [-0.3, -0.25) is 0 Å². The number of hydrogen-bond acceptors (Lipinski definition) is 4. The zero-order valence-electron chi connectivity index (χ0n) is 9.40. The van der Waals surface area contributed by atoms with Crippen molar-refractivity contribution in [2.45, 2.75) is 26.3 Å². The van der Waals surface area contributed by atoms with Crippen LogP contribution in [-0.2, 0) is 0 Å². The molecule has 0 spiro atoms. The van der Waals surface area contributed by atoms with Crippen LogP contribution < -0.4 is 10.2 Å². The average molecular weight is 206 g/mol. The van der Waals surface area contributed by atoms with Gasteiger partial charge in [0.1, 0.15) is 0 Å². The molecule has 1 aromatic heterocycles. The fourth-order valence-corrected chi connectivity index (χ4v) is 2.06. The highest BCUT2D eigenvalue weighted by Crippen LogP contribution is 2.16. The van der Waals surface area contributed by atoms with E-state index in [-0.39, 0.29) is 0 Å². The van der Waals surface area contributed by atoms with Crippen LogP contribution in [0.2, 0.25) is 0 Å². The molecule has 1 fully saturated rings. The van der Waals surface area contributed by atoms with Crippen molar-refractivity contribution in [3.63, 3.8) is 0 Å². The number of rotatable bonds is 3. The van der Waals surface area contributed by atoms with Crippen molar-refractivity contribution in [1.82, 2.24) is 15.5 Å². The molecule has 0 aliphatic carbocycles. The quantitative estimate of drug-likeness (QED) is 0.800. The molecule has 2 heterocycles. The number of anilines is 1. The Bertz CT molecular complexity index is 303. The summed E-state index contributed by atoms with van der Waals surface area (Å²) in [5.41, 5.74) is 0.972. The first-order valence-electron chi connectivity index (χ1n) is 5.59. The summed E-state index contributed by atoms with van der Waals surface area (Å²) < 4.78 is 0. The van der Waals surface area contributed by atoms with Crippen LogP contribution in [0.4, 0.5) is 5.82 Å². The lowest BCUT2D eigenvalue weighted by Crippen LogP contribution is -2.37. The molecule has 1 aromatic rings. The van der Waals surface area contributed by atoms with Gasteiger partial charge in [0.15, 0.2) is 5.82 Å². The van der Waals surface area contributed by atoms with E-state index in [0.717, 1.165) is 31.1 Å². The summed E-state index contributed by atoms with van der Waals surface area (Å²) >= 11 is 0. The summed E-state index contributed by atoms with van der Waals surface area (Å²) in [6, 6.07) is 4.66. The Balaban J connectivity index is 2.14. The minimum absolute atomic E-state index is 0.576. The van der Waals surface area contributed by atoms with E-state index >= 15 is 0 Å². The average Bonchev–Trinajstić information content (AvgIpc) is 2.75. The Labute approximate surface area is 90.7 Å². The van der Waals surface area contributed by atoms with Crippen molar-refractivity contribution >= 4 is 5.82 Å². The van der Waals surface area contributed by atoms with Gasteiger partial charge in [-0.05, 0) is 38.9 Å². The smallest absolute Gasteiger partial charge is 0.151 e. The van der Waals surface area contributed by atoms with Gasteiger partial charge in [-0.1, -0.05) is 0 Å². The third-order valence-electron chi connectivity index (χ3n) is 2.89. The fraction of sp³-hybridized carbons (Fsp3) is 0.636. The number of hydrogen-bond donors (Lipinski definition) is 1. The van der Waals surface area contributed by atoms with E-state index in [1.165, 1.54) is 6.42 Å². The normalized spacial score (nSPS) is 20.5. The molecule has 0 bridgehead atoms. The highest BCUT2D eigenvalue weighted by atomic mass is 15.3. The Kier molecular flexibility index (Phi) is 3.16. The maximum Gasteiger partial charge on any atom is 0.151 e. The van der Waals surface area contributed by atoms with Gasteiger partial charge >= 0.3 is 0 Å². The van der Waals surface area contributed by atoms with Gasteiger partial charge in [0, 0.05) is 19.1 Å². The topological polar surface area (TPSA) is 41.1 Å². The second-order valence-electron chi connectivity index (χ2n) is 3.97. The summed E-state index contributed by atoms with van der Waals surface area (Å²) in [5, 5.41) is 11.7. The SMILES string of the molecule is CCN(c1ccc(C)nn1)C1CCNC1. The molecule has 1 N–H and O–H groups in total. The summed E-state index contributed by atoms with van der Waals surface area (Å²) in [6.45, 7) is 7.29. The van der Waals surface area contributed by atoms with Gasteiger partial charge in [-0.25, -0.2) is 0 Å². The second-order valence-corrected chi connectivity index (χ2v) is 3.97. The minimum atomic E-state index is 0.576. The summed E-state index contributed by atoms with van der Waals surface area (Å²) in [7, 11) is 0. The molecule has 1 unspecified atom stereocenters. The molecule has 0 aromatic carbocycles. The van der Waals surface area contributed by atoms with Gasteiger partial charge in [0.05, 0.1) is 5.69 Å². The maximum absolute atomic E-state index is 4.24. The number of nitrogens with one attached hydrogen (secondary N) is 1. The predicted octanol–water partition coefficient (Wildman–Crippen LogP) is 0.973. The van der Waals surface area contributed by atoms with Crippen LogP contribution in [0, 0.1) is 6.92 Å². The Morgan fingerprint density at radius 1 is 1.47 bits per heavy atom. The highest BCUT2D eigenvalue weighted by molar-refractivity contribution is 5.39. The Morgan fingerprint density at radius 2 is 2.33 bits per heavy atom. The van der Waals surface area contributed by atoms with E-state index in [2.05, 4.69) is 33.4 Å². The van der Waals surface area contributed by atoms with Crippen LogP contribution >= 0.6 is 0 Å². The third kappa shape index (κ3) is 2.26. The zero-order chi connectivity index (χ0) is 10.7. The van der Waals surface area contributed by atoms with Crippen LogP contribution in [0.3, 0.4) is 0 Å². The van der Waals surface area contributed by atoms with Gasteiger partial charge in [-0.2, -0.15) is 5.10 Å². The number of nitrogens with zero attached hydrogens (tertiary/aromatic N) is 3. The molecule has 2 rings (SSSR count). The van der Waals surface area contributed by atoms with E-state index in [1.54, 1.807) is 0 Å². The molecule has 1 atom stereocenters. The number of likely N-dealkylation sites (N-methyl/N-ethyl adjacent to an activating group) is 1. The van der Waals surface area contributed by atoms with Gasteiger partial charge in [0.25, 0.3) is 0 Å². The largest absolute Gasteiger partial charge is 0.351 e. The summed E-state index contributed by atoms with van der Waals surface area (Å²) in [5.74, 6) is 0.997. The monoisotopic (exact) mass is 206 g/mol. The van der Waals surface area contributed by atoms with Crippen molar-refractivity contribution < 1.29 is 0 Å². The van der Waals surface area contributed by atoms with Crippen molar-refractivity contribution in [2.75, 3.05) is 24.5 Å². The molecule has 15 heavy (non-hydrogen) atoms. The first-order valence-corrected chi connectivity index (χ1v) is 5.59. The van der Waals surface area contributed by atoms with Crippen LogP contribution in [0.5, 0.6) is 0 Å². The maximum atomic E-state index is 4.24. The molecular weight excluding hydrogens is 188 g/mol. The van der Waals surface area contributed by atoms with Gasteiger partial charge in [0.2, 0.25) is 0 Å². The van der Waals surface area contributed by atoms with Crippen LogP contribution in [0.15, 0.2) is 12.1 Å². The Morgan fingerprint density at radius 3 is 2.87 bits per heavy atom. The van der Waals surface area contributed by atoms with E-state index in [0.29, 0.717) is 6.04 Å². The van der Waals surface area contributed by atoms with E-state index < -0.39 is 0 Å². The van der Waals surface area contributed by atoms with Crippen molar-refractivity contribution in [3.05, 3.63) is 17.8 Å². The van der Waals surface area contributed by atoms with Gasteiger partial charge < -0.3 is 10.2 Å². The molecule has 4 nitrogen and oxygen atoms in total. The molecule has 82 valence electrons. The predicted molar refractivity (Wildman–Crippen MR) is 61.1 cm³/mol. The van der Waals surface area contributed by atoms with Crippen molar-refractivity contribution in [1.29, 1.82) is 0 Å². The van der Waals surface area contributed by atoms with Crippen LogP contribution in [0.25, 0.3) is 0 Å². The lowest BCUT2D eigenvalue weighted by molar-refractivity contribution is 0.635. The lowest BCUT2D eigenvalue weighted by atomic mass is 10.2. The van der Waals surface area contributed by atoms with Crippen molar-refractivity contribution in [2.24, 2.45) is 0 Å².